The molecule has 2 aliphatic carbocycles. The minimum atomic E-state index is -1.58. The van der Waals surface area contributed by atoms with E-state index in [1.807, 2.05) is 24.3 Å². The highest BCUT2D eigenvalue weighted by Crippen LogP contribution is 2.42. The Morgan fingerprint density at radius 2 is 1.54 bits per heavy atom. The minimum absolute atomic E-state index is 0.0972. The van der Waals surface area contributed by atoms with Gasteiger partial charge in [-0.1, -0.05) is 24.3 Å². The van der Waals surface area contributed by atoms with E-state index in [2.05, 4.69) is 0 Å². The zero-order valence-corrected chi connectivity index (χ0v) is 15.5. The average molecular weight is 378 g/mol. The highest BCUT2D eigenvalue weighted by Gasteiger charge is 2.50. The van der Waals surface area contributed by atoms with Crippen LogP contribution in [-0.2, 0) is 19.1 Å². The molecule has 2 aromatic rings. The van der Waals surface area contributed by atoms with E-state index in [4.69, 9.17) is 9.47 Å². The third-order valence-electron chi connectivity index (χ3n) is 5.43. The lowest BCUT2D eigenvalue weighted by Crippen LogP contribution is -2.48. The molecule has 0 spiro atoms. The Labute approximate surface area is 161 Å². The summed E-state index contributed by atoms with van der Waals surface area (Å²) in [5.74, 6) is -1.89. The molecule has 0 saturated carbocycles. The van der Waals surface area contributed by atoms with Crippen LogP contribution < -0.4 is 0 Å². The van der Waals surface area contributed by atoms with Gasteiger partial charge in [-0.3, -0.25) is 14.4 Å². The largest absolute Gasteiger partial charge is 0.466 e. The molecular weight excluding hydrogens is 360 g/mol. The van der Waals surface area contributed by atoms with E-state index < -0.39 is 17.5 Å². The quantitative estimate of drug-likeness (QED) is 0.746. The third-order valence-corrected chi connectivity index (χ3v) is 5.43. The molecule has 4 rings (SSSR count). The van der Waals surface area contributed by atoms with Crippen LogP contribution in [-0.4, -0.2) is 36.2 Å². The first-order valence-corrected chi connectivity index (χ1v) is 8.98. The molecule has 2 aliphatic rings. The van der Waals surface area contributed by atoms with Crippen molar-refractivity contribution >= 4 is 34.3 Å². The maximum atomic E-state index is 13.2. The molecule has 0 aromatic heterocycles. The summed E-state index contributed by atoms with van der Waals surface area (Å²) >= 11 is 0. The maximum Gasteiger partial charge on any atom is 0.350 e. The Morgan fingerprint density at radius 1 is 0.964 bits per heavy atom. The van der Waals surface area contributed by atoms with E-state index in [1.54, 1.807) is 12.1 Å². The number of carbonyl (C=O) groups excluding carboxylic acids is 4. The van der Waals surface area contributed by atoms with E-state index in [0.717, 1.165) is 10.8 Å². The molecule has 0 amide bonds. The Hall–Kier alpha value is -3.28. The number of allylic oxidation sites excluding steroid dienone is 1. The zero-order valence-electron chi connectivity index (χ0n) is 15.5. The van der Waals surface area contributed by atoms with Gasteiger partial charge in [0.2, 0.25) is 5.60 Å². The van der Waals surface area contributed by atoms with Crippen molar-refractivity contribution in [3.63, 3.8) is 0 Å². The molecule has 1 unspecified atom stereocenters. The maximum absolute atomic E-state index is 13.2. The number of fused-ring (bicyclic) bond motifs is 2. The van der Waals surface area contributed by atoms with Crippen LogP contribution in [0.5, 0.6) is 0 Å². The van der Waals surface area contributed by atoms with Crippen LogP contribution in [0.1, 0.15) is 46.9 Å². The van der Waals surface area contributed by atoms with Crippen molar-refractivity contribution in [1.29, 1.82) is 0 Å². The Morgan fingerprint density at radius 3 is 2.07 bits per heavy atom. The number of carbonyl (C=O) groups is 4. The molecule has 0 bridgehead atoms. The number of ether oxygens (including phenoxy) is 2. The fourth-order valence-electron chi connectivity index (χ4n) is 4.13. The Bertz CT molecular complexity index is 1090. The molecule has 0 fully saturated rings. The Kier molecular flexibility index (Phi) is 4.14. The van der Waals surface area contributed by atoms with Gasteiger partial charge < -0.3 is 9.47 Å². The van der Waals surface area contributed by atoms with Gasteiger partial charge in [-0.2, -0.15) is 0 Å². The predicted molar refractivity (Wildman–Crippen MR) is 100.0 cm³/mol. The highest BCUT2D eigenvalue weighted by atomic mass is 16.6. The lowest BCUT2D eigenvalue weighted by atomic mass is 9.71. The summed E-state index contributed by atoms with van der Waals surface area (Å²) in [5.41, 5.74) is -0.277. The van der Waals surface area contributed by atoms with Gasteiger partial charge in [0.1, 0.15) is 0 Å². The average Bonchev–Trinajstić information content (AvgIpc) is 2.69. The monoisotopic (exact) mass is 378 g/mol. The molecular formula is C22H18O6. The third kappa shape index (κ3) is 2.64. The smallest absolute Gasteiger partial charge is 0.350 e. The summed E-state index contributed by atoms with van der Waals surface area (Å²) in [7, 11) is 1.20. The molecule has 2 aromatic carbocycles. The number of methoxy groups -OCH3 is 1. The van der Waals surface area contributed by atoms with Crippen LogP contribution in [0.25, 0.3) is 10.8 Å². The van der Waals surface area contributed by atoms with Crippen molar-refractivity contribution in [1.82, 2.24) is 0 Å². The van der Waals surface area contributed by atoms with Crippen molar-refractivity contribution in [3.05, 3.63) is 58.7 Å². The molecule has 0 heterocycles. The van der Waals surface area contributed by atoms with Crippen LogP contribution in [0, 0.1) is 0 Å². The number of hydrogen-bond donors (Lipinski definition) is 0. The van der Waals surface area contributed by atoms with Crippen molar-refractivity contribution in [2.24, 2.45) is 0 Å². The molecule has 0 aliphatic heterocycles. The number of benzene rings is 2. The molecule has 0 saturated heterocycles. The molecule has 6 heteroatoms. The number of rotatable bonds is 2. The normalized spacial score (nSPS) is 21.2. The fraction of sp³-hybridized carbons (Fsp3) is 0.273. The first kappa shape index (κ1) is 18.1. The van der Waals surface area contributed by atoms with Gasteiger partial charge in [-0.25, -0.2) is 4.79 Å². The molecule has 1 atom stereocenters. The number of ketones is 2. The molecule has 0 N–H and O–H groups in total. The molecule has 28 heavy (non-hydrogen) atoms. The lowest BCUT2D eigenvalue weighted by Gasteiger charge is -2.36. The zero-order chi connectivity index (χ0) is 20.1. The summed E-state index contributed by atoms with van der Waals surface area (Å²) in [4.78, 5) is 50.3. The summed E-state index contributed by atoms with van der Waals surface area (Å²) in [6.45, 7) is 1.20. The second-order valence-electron chi connectivity index (χ2n) is 7.12. The van der Waals surface area contributed by atoms with Crippen LogP contribution >= 0.6 is 0 Å². The fourth-order valence-corrected chi connectivity index (χ4v) is 4.13. The first-order valence-electron chi connectivity index (χ1n) is 8.98. The van der Waals surface area contributed by atoms with Crippen LogP contribution in [0.3, 0.4) is 0 Å². The lowest BCUT2D eigenvalue weighted by molar-refractivity contribution is -0.181. The first-order chi connectivity index (χ1) is 13.4. The van der Waals surface area contributed by atoms with Crippen LogP contribution in [0.15, 0.2) is 47.5 Å². The SMILES string of the molecule is COC(=O)C1(OC(C)=O)CCC2=C(C1)C(=O)c1cc3ccccc3cc1C2=O. The minimum Gasteiger partial charge on any atom is -0.466 e. The second kappa shape index (κ2) is 6.41. The number of esters is 2. The van der Waals surface area contributed by atoms with Gasteiger partial charge in [-0.05, 0) is 29.3 Å². The topological polar surface area (TPSA) is 86.7 Å². The van der Waals surface area contributed by atoms with E-state index in [1.165, 1.54) is 14.0 Å². The van der Waals surface area contributed by atoms with Crippen molar-refractivity contribution in [2.45, 2.75) is 31.8 Å². The molecule has 6 nitrogen and oxygen atoms in total. The molecule has 142 valence electrons. The summed E-state index contributed by atoms with van der Waals surface area (Å²) in [5, 5.41) is 1.73. The van der Waals surface area contributed by atoms with Gasteiger partial charge in [0, 0.05) is 42.0 Å². The standard InChI is InChI=1S/C22H18O6/c1-12(23)28-22(21(26)27-2)8-7-15-18(11-22)20(25)17-10-14-6-4-3-5-13(14)9-16(17)19(15)24/h3-6,9-10H,7-8,11H2,1-2H3. The van der Waals surface area contributed by atoms with E-state index in [9.17, 15) is 19.2 Å². The Balaban J connectivity index is 1.83. The van der Waals surface area contributed by atoms with Crippen LogP contribution in [0.4, 0.5) is 0 Å². The highest BCUT2D eigenvalue weighted by molar-refractivity contribution is 6.28. The number of Topliss-reactive ketones (excluding diaryl/α,β-unsaturated/α-hetero) is 2. The van der Waals surface area contributed by atoms with Gasteiger partial charge in [0.25, 0.3) is 0 Å². The summed E-state index contributed by atoms with van der Waals surface area (Å²) < 4.78 is 10.1. The van der Waals surface area contributed by atoms with Crippen molar-refractivity contribution in [3.8, 4) is 0 Å². The summed E-state index contributed by atoms with van der Waals surface area (Å²) in [6, 6.07) is 10.9. The molecule has 0 radical (unpaired) electrons. The second-order valence-corrected chi connectivity index (χ2v) is 7.12. The van der Waals surface area contributed by atoms with Gasteiger partial charge >= 0.3 is 11.9 Å². The van der Waals surface area contributed by atoms with Crippen molar-refractivity contribution < 1.29 is 28.7 Å². The van der Waals surface area contributed by atoms with Gasteiger partial charge in [-0.15, -0.1) is 0 Å². The van der Waals surface area contributed by atoms with Crippen LogP contribution in [0.2, 0.25) is 0 Å². The van der Waals surface area contributed by atoms with E-state index in [-0.39, 0.29) is 36.4 Å². The number of hydrogen-bond acceptors (Lipinski definition) is 6. The van der Waals surface area contributed by atoms with Gasteiger partial charge in [0.15, 0.2) is 11.6 Å². The van der Waals surface area contributed by atoms with Crippen molar-refractivity contribution in [2.75, 3.05) is 7.11 Å². The predicted octanol–water partition coefficient (Wildman–Crippen LogP) is 3.17. The summed E-state index contributed by atoms with van der Waals surface area (Å²) in [6.07, 6.45) is 0.0972. The van der Waals surface area contributed by atoms with E-state index in [0.29, 0.717) is 16.7 Å². The van der Waals surface area contributed by atoms with Gasteiger partial charge in [0.05, 0.1) is 7.11 Å². The van der Waals surface area contributed by atoms with E-state index >= 15 is 0 Å².